The Morgan fingerprint density at radius 3 is 2.16 bits per heavy atom. The molecular formula is C29H37N7O. The minimum atomic E-state index is -0.0871. The lowest BCUT2D eigenvalue weighted by Gasteiger charge is -2.37. The third-order valence-corrected chi connectivity index (χ3v) is 7.41. The smallest absolute Gasteiger partial charge is 0.322 e. The van der Waals surface area contributed by atoms with Crippen LogP contribution in [-0.2, 0) is 13.0 Å². The zero-order valence-electron chi connectivity index (χ0n) is 22.4. The molecule has 1 aromatic heterocycles. The molecule has 2 aliphatic heterocycles. The van der Waals surface area contributed by atoms with E-state index in [4.69, 9.17) is 9.97 Å². The molecule has 3 heterocycles. The van der Waals surface area contributed by atoms with E-state index in [2.05, 4.69) is 65.2 Å². The van der Waals surface area contributed by atoms with Gasteiger partial charge in [-0.25, -0.2) is 9.78 Å². The highest BCUT2D eigenvalue weighted by Crippen LogP contribution is 2.29. The van der Waals surface area contributed by atoms with Gasteiger partial charge in [-0.3, -0.25) is 0 Å². The second-order valence-electron chi connectivity index (χ2n) is 10.1. The molecule has 3 aromatic rings. The highest BCUT2D eigenvalue weighted by atomic mass is 16.2. The van der Waals surface area contributed by atoms with Crippen LogP contribution in [0, 0.1) is 13.8 Å². The number of benzene rings is 2. The number of aryl methyl sites for hydroxylation is 2. The van der Waals surface area contributed by atoms with Gasteiger partial charge in [-0.2, -0.15) is 4.98 Å². The summed E-state index contributed by atoms with van der Waals surface area (Å²) >= 11 is 0. The van der Waals surface area contributed by atoms with Crippen molar-refractivity contribution in [3.8, 4) is 0 Å². The van der Waals surface area contributed by atoms with E-state index in [9.17, 15) is 4.79 Å². The van der Waals surface area contributed by atoms with Crippen molar-refractivity contribution in [2.75, 3.05) is 66.3 Å². The molecule has 2 aromatic carbocycles. The quantitative estimate of drug-likeness (QED) is 0.559. The largest absolute Gasteiger partial charge is 0.368 e. The summed E-state index contributed by atoms with van der Waals surface area (Å²) in [6.45, 7) is 11.9. The van der Waals surface area contributed by atoms with E-state index in [0.717, 1.165) is 67.9 Å². The van der Waals surface area contributed by atoms with Crippen molar-refractivity contribution >= 4 is 29.2 Å². The Morgan fingerprint density at radius 2 is 1.51 bits per heavy atom. The van der Waals surface area contributed by atoms with Crippen LogP contribution in [0.25, 0.3) is 0 Å². The van der Waals surface area contributed by atoms with E-state index in [0.29, 0.717) is 13.1 Å². The number of piperazine rings is 1. The highest BCUT2D eigenvalue weighted by Gasteiger charge is 2.29. The normalized spacial score (nSPS) is 15.4. The lowest BCUT2D eigenvalue weighted by molar-refractivity contribution is 0.206. The monoisotopic (exact) mass is 499 g/mol. The first kappa shape index (κ1) is 24.9. The molecule has 2 amide bonds. The van der Waals surface area contributed by atoms with Gasteiger partial charge in [-0.05, 0) is 45.0 Å². The van der Waals surface area contributed by atoms with Crippen LogP contribution in [0.3, 0.4) is 0 Å². The molecule has 2 aliphatic rings. The maximum Gasteiger partial charge on any atom is 0.322 e. The van der Waals surface area contributed by atoms with E-state index in [1.807, 2.05) is 36.1 Å². The van der Waals surface area contributed by atoms with Gasteiger partial charge in [0.05, 0.1) is 12.2 Å². The summed E-state index contributed by atoms with van der Waals surface area (Å²) in [6.07, 6.45) is 0.722. The number of urea groups is 1. The molecule has 0 bridgehead atoms. The lowest BCUT2D eigenvalue weighted by atomic mass is 10.1. The number of nitrogens with zero attached hydrogens (tertiary/aromatic N) is 6. The number of hydrogen-bond donors (Lipinski definition) is 1. The van der Waals surface area contributed by atoms with Crippen molar-refractivity contribution in [2.45, 2.75) is 33.7 Å². The van der Waals surface area contributed by atoms with Crippen molar-refractivity contribution in [3.63, 3.8) is 0 Å². The molecule has 0 unspecified atom stereocenters. The first-order valence-corrected chi connectivity index (χ1v) is 13.2. The van der Waals surface area contributed by atoms with Gasteiger partial charge in [0.25, 0.3) is 0 Å². The SMILES string of the molecule is CCN(C)c1nc(N2CCN(c3ccc(C)cc3)CC2)nc2c1CN(C(=O)Nc1ccc(C)cc1)CC2. The van der Waals surface area contributed by atoms with E-state index < -0.39 is 0 Å². The van der Waals surface area contributed by atoms with E-state index in [1.165, 1.54) is 16.8 Å². The number of carbonyl (C=O) groups excluding carboxylic acids is 1. The minimum absolute atomic E-state index is 0.0871. The molecule has 0 atom stereocenters. The number of aromatic nitrogens is 2. The molecule has 8 nitrogen and oxygen atoms in total. The fraction of sp³-hybridized carbons (Fsp3) is 0.414. The topological polar surface area (TPSA) is 67.8 Å². The Kier molecular flexibility index (Phi) is 7.17. The Bertz CT molecular complexity index is 1230. The maximum absolute atomic E-state index is 13.0. The summed E-state index contributed by atoms with van der Waals surface area (Å²) in [5.74, 6) is 1.73. The summed E-state index contributed by atoms with van der Waals surface area (Å²) in [5.41, 5.74) is 6.64. The van der Waals surface area contributed by atoms with Gasteiger partial charge in [0.2, 0.25) is 5.95 Å². The highest BCUT2D eigenvalue weighted by molar-refractivity contribution is 5.89. The van der Waals surface area contributed by atoms with Crippen molar-refractivity contribution in [1.29, 1.82) is 0 Å². The van der Waals surface area contributed by atoms with Crippen LogP contribution in [0.15, 0.2) is 48.5 Å². The molecular weight excluding hydrogens is 462 g/mol. The van der Waals surface area contributed by atoms with Crippen LogP contribution >= 0.6 is 0 Å². The first-order chi connectivity index (χ1) is 17.9. The fourth-order valence-electron chi connectivity index (χ4n) is 4.92. The van der Waals surface area contributed by atoms with E-state index >= 15 is 0 Å². The van der Waals surface area contributed by atoms with Gasteiger partial charge >= 0.3 is 6.03 Å². The zero-order valence-corrected chi connectivity index (χ0v) is 22.4. The average molecular weight is 500 g/mol. The van der Waals surface area contributed by atoms with Crippen LogP contribution in [0.1, 0.15) is 29.3 Å². The third-order valence-electron chi connectivity index (χ3n) is 7.41. The van der Waals surface area contributed by atoms with Crippen molar-refractivity contribution < 1.29 is 4.79 Å². The molecule has 0 aliphatic carbocycles. The van der Waals surface area contributed by atoms with Crippen LogP contribution in [0.4, 0.5) is 27.9 Å². The molecule has 8 heteroatoms. The van der Waals surface area contributed by atoms with Gasteiger partial charge in [-0.1, -0.05) is 35.4 Å². The molecule has 37 heavy (non-hydrogen) atoms. The zero-order chi connectivity index (χ0) is 25.9. The third kappa shape index (κ3) is 5.48. The summed E-state index contributed by atoms with van der Waals surface area (Å²) in [4.78, 5) is 31.9. The van der Waals surface area contributed by atoms with Gasteiger partial charge in [0.1, 0.15) is 5.82 Å². The van der Waals surface area contributed by atoms with E-state index in [1.54, 1.807) is 0 Å². The molecule has 1 saturated heterocycles. The number of fused-ring (bicyclic) bond motifs is 1. The second kappa shape index (κ2) is 10.7. The summed E-state index contributed by atoms with van der Waals surface area (Å²) < 4.78 is 0. The molecule has 0 saturated carbocycles. The van der Waals surface area contributed by atoms with Gasteiger partial charge in [-0.15, -0.1) is 0 Å². The number of nitrogens with one attached hydrogen (secondary N) is 1. The number of amides is 2. The fourth-order valence-corrected chi connectivity index (χ4v) is 4.92. The summed E-state index contributed by atoms with van der Waals surface area (Å²) in [5, 5.41) is 3.04. The minimum Gasteiger partial charge on any atom is -0.368 e. The molecule has 1 N–H and O–H groups in total. The Hall–Kier alpha value is -3.81. The van der Waals surface area contributed by atoms with Crippen LogP contribution in [0.5, 0.6) is 0 Å². The number of hydrogen-bond acceptors (Lipinski definition) is 6. The molecule has 1 fully saturated rings. The lowest BCUT2D eigenvalue weighted by Crippen LogP contribution is -2.47. The van der Waals surface area contributed by atoms with Crippen molar-refractivity contribution in [2.24, 2.45) is 0 Å². The van der Waals surface area contributed by atoms with E-state index in [-0.39, 0.29) is 6.03 Å². The Balaban J connectivity index is 1.31. The number of anilines is 4. The first-order valence-electron chi connectivity index (χ1n) is 13.2. The van der Waals surface area contributed by atoms with Gasteiger partial charge in [0, 0.05) is 69.7 Å². The van der Waals surface area contributed by atoms with Gasteiger partial charge in [0.15, 0.2) is 0 Å². The maximum atomic E-state index is 13.0. The van der Waals surface area contributed by atoms with Crippen molar-refractivity contribution in [3.05, 3.63) is 70.9 Å². The predicted molar refractivity (Wildman–Crippen MR) is 151 cm³/mol. The predicted octanol–water partition coefficient (Wildman–Crippen LogP) is 4.47. The average Bonchev–Trinajstić information content (AvgIpc) is 2.93. The Labute approximate surface area is 219 Å². The van der Waals surface area contributed by atoms with Crippen molar-refractivity contribution in [1.82, 2.24) is 14.9 Å². The Morgan fingerprint density at radius 1 is 0.892 bits per heavy atom. The molecule has 0 spiro atoms. The molecule has 194 valence electrons. The molecule has 0 radical (unpaired) electrons. The van der Waals surface area contributed by atoms with Crippen LogP contribution in [-0.4, -0.2) is 67.2 Å². The number of rotatable bonds is 5. The second-order valence-corrected chi connectivity index (χ2v) is 10.1. The van der Waals surface area contributed by atoms with Crippen LogP contribution in [0.2, 0.25) is 0 Å². The number of carbonyl (C=O) groups is 1. The standard InChI is InChI=1S/C29H37N7O/c1-5-33(4)27-25-20-36(29(37)30-23-10-6-21(2)7-11-23)15-14-26(25)31-28(32-27)35-18-16-34(17-19-35)24-12-8-22(3)9-13-24/h6-13H,5,14-20H2,1-4H3,(H,30,37). The summed E-state index contributed by atoms with van der Waals surface area (Å²) in [6, 6.07) is 16.6. The molecule has 5 rings (SSSR count). The summed E-state index contributed by atoms with van der Waals surface area (Å²) in [7, 11) is 2.06. The van der Waals surface area contributed by atoms with Crippen LogP contribution < -0.4 is 20.0 Å². The van der Waals surface area contributed by atoms with Gasteiger partial charge < -0.3 is 24.9 Å².